The Morgan fingerprint density at radius 3 is 2.31 bits per heavy atom. The normalized spacial score (nSPS) is 22.0. The molecule has 0 heterocycles. The van der Waals surface area contributed by atoms with E-state index in [4.69, 9.17) is 0 Å². The van der Waals surface area contributed by atoms with Gasteiger partial charge in [-0.2, -0.15) is 0 Å². The number of esters is 1. The summed E-state index contributed by atoms with van der Waals surface area (Å²) in [7, 11) is 1.44. The average molecular weight is 183 g/mol. The minimum atomic E-state index is -0.147. The largest absolute Gasteiger partial charge is 0.468 e. The molecule has 0 amide bonds. The van der Waals surface area contributed by atoms with Crippen molar-refractivity contribution in [3.63, 3.8) is 0 Å². The van der Waals surface area contributed by atoms with Gasteiger partial charge >= 0.3 is 5.97 Å². The molecule has 13 heavy (non-hydrogen) atoms. The monoisotopic (exact) mass is 183 g/mol. The number of ether oxygens (including phenoxy) is 1. The summed E-state index contributed by atoms with van der Waals surface area (Å²) in [5.41, 5.74) is 0. The molecule has 74 valence electrons. The van der Waals surface area contributed by atoms with Crippen molar-refractivity contribution in [3.8, 4) is 0 Å². The van der Waals surface area contributed by atoms with Crippen LogP contribution in [0.5, 0.6) is 0 Å². The van der Waals surface area contributed by atoms with Gasteiger partial charge in [-0.1, -0.05) is 0 Å². The molecule has 0 bridgehead atoms. The molecule has 0 unspecified atom stereocenters. The smallest absolute Gasteiger partial charge is 0.319 e. The molecule has 3 heteroatoms. The maximum atomic E-state index is 10.9. The summed E-state index contributed by atoms with van der Waals surface area (Å²) in [6.45, 7) is 0.383. The van der Waals surface area contributed by atoms with Crippen LogP contribution in [0, 0.1) is 11.8 Å². The van der Waals surface area contributed by atoms with Gasteiger partial charge in [-0.05, 0) is 37.5 Å². The van der Waals surface area contributed by atoms with Crippen molar-refractivity contribution in [1.82, 2.24) is 5.32 Å². The average Bonchev–Trinajstić information content (AvgIpc) is 2.98. The third-order valence-electron chi connectivity index (χ3n) is 2.97. The molecule has 0 aromatic heterocycles. The van der Waals surface area contributed by atoms with E-state index in [1.165, 1.54) is 32.8 Å². The molecule has 0 atom stereocenters. The number of rotatable bonds is 5. The van der Waals surface area contributed by atoms with Gasteiger partial charge in [0.2, 0.25) is 0 Å². The van der Waals surface area contributed by atoms with E-state index in [-0.39, 0.29) is 5.97 Å². The Bertz CT molecular complexity index is 185. The Labute approximate surface area is 78.8 Å². The zero-order valence-corrected chi connectivity index (χ0v) is 8.08. The van der Waals surface area contributed by atoms with Gasteiger partial charge in [0.25, 0.3) is 0 Å². The van der Waals surface area contributed by atoms with E-state index in [1.807, 2.05) is 0 Å². The predicted octanol–water partition coefficient (Wildman–Crippen LogP) is 0.938. The van der Waals surface area contributed by atoms with E-state index in [1.54, 1.807) is 0 Å². The molecule has 2 aliphatic rings. The number of nitrogens with one attached hydrogen (secondary N) is 1. The van der Waals surface area contributed by atoms with Gasteiger partial charge in [-0.15, -0.1) is 0 Å². The second-order valence-electron chi connectivity index (χ2n) is 4.16. The van der Waals surface area contributed by atoms with Crippen molar-refractivity contribution in [2.24, 2.45) is 11.8 Å². The number of methoxy groups -OCH3 is 1. The third-order valence-corrected chi connectivity index (χ3v) is 2.97. The molecular formula is C10H17NO2. The molecule has 0 spiro atoms. The first-order valence-electron chi connectivity index (χ1n) is 5.11. The molecule has 0 aliphatic heterocycles. The lowest BCUT2D eigenvalue weighted by Crippen LogP contribution is -2.37. The van der Waals surface area contributed by atoms with Gasteiger partial charge in [-0.3, -0.25) is 4.79 Å². The van der Waals surface area contributed by atoms with Crippen molar-refractivity contribution in [3.05, 3.63) is 0 Å². The maximum Gasteiger partial charge on any atom is 0.319 e. The lowest BCUT2D eigenvalue weighted by atomic mass is 10.1. The van der Waals surface area contributed by atoms with Gasteiger partial charge in [0, 0.05) is 6.04 Å². The molecule has 2 aliphatic carbocycles. The molecular weight excluding hydrogens is 166 g/mol. The number of carbonyl (C=O) groups excluding carboxylic acids is 1. The highest BCUT2D eigenvalue weighted by Crippen LogP contribution is 2.44. The van der Waals surface area contributed by atoms with Crippen molar-refractivity contribution in [2.75, 3.05) is 13.7 Å². The van der Waals surface area contributed by atoms with E-state index in [2.05, 4.69) is 10.1 Å². The van der Waals surface area contributed by atoms with Crippen molar-refractivity contribution in [1.29, 1.82) is 0 Å². The van der Waals surface area contributed by atoms with Crippen LogP contribution in [0.3, 0.4) is 0 Å². The SMILES string of the molecule is COC(=O)CNC(C1CC1)C1CC1. The van der Waals surface area contributed by atoms with Crippen LogP contribution in [-0.2, 0) is 9.53 Å². The van der Waals surface area contributed by atoms with E-state index < -0.39 is 0 Å². The van der Waals surface area contributed by atoms with Crippen LogP contribution >= 0.6 is 0 Å². The van der Waals surface area contributed by atoms with E-state index >= 15 is 0 Å². The fourth-order valence-corrected chi connectivity index (χ4v) is 1.90. The first-order chi connectivity index (χ1) is 6.31. The van der Waals surface area contributed by atoms with Gasteiger partial charge in [0.05, 0.1) is 13.7 Å². The number of hydrogen-bond donors (Lipinski definition) is 1. The maximum absolute atomic E-state index is 10.9. The summed E-state index contributed by atoms with van der Waals surface area (Å²) in [6, 6.07) is 0.596. The lowest BCUT2D eigenvalue weighted by Gasteiger charge is -2.16. The summed E-state index contributed by atoms with van der Waals surface area (Å²) < 4.78 is 4.60. The van der Waals surface area contributed by atoms with E-state index in [9.17, 15) is 4.79 Å². The fourth-order valence-electron chi connectivity index (χ4n) is 1.90. The quantitative estimate of drug-likeness (QED) is 0.645. The molecule has 2 fully saturated rings. The van der Waals surface area contributed by atoms with E-state index in [0.717, 1.165) is 11.8 Å². The van der Waals surface area contributed by atoms with Gasteiger partial charge in [0.15, 0.2) is 0 Å². The van der Waals surface area contributed by atoms with Crippen LogP contribution in [0.2, 0.25) is 0 Å². The molecule has 0 aromatic rings. The minimum absolute atomic E-state index is 0.147. The van der Waals surface area contributed by atoms with Crippen LogP contribution in [0.4, 0.5) is 0 Å². The van der Waals surface area contributed by atoms with Gasteiger partial charge in [0.1, 0.15) is 0 Å². The highest BCUT2D eigenvalue weighted by atomic mass is 16.5. The van der Waals surface area contributed by atoms with Crippen LogP contribution in [0.1, 0.15) is 25.7 Å². The first-order valence-corrected chi connectivity index (χ1v) is 5.11. The van der Waals surface area contributed by atoms with Crippen molar-refractivity contribution < 1.29 is 9.53 Å². The summed E-state index contributed by atoms with van der Waals surface area (Å²) >= 11 is 0. The molecule has 3 nitrogen and oxygen atoms in total. The highest BCUT2D eigenvalue weighted by molar-refractivity contribution is 5.71. The summed E-state index contributed by atoms with van der Waals surface area (Å²) in [6.07, 6.45) is 5.37. The zero-order valence-electron chi connectivity index (χ0n) is 8.08. The predicted molar refractivity (Wildman–Crippen MR) is 49.3 cm³/mol. The molecule has 2 saturated carbocycles. The fraction of sp³-hybridized carbons (Fsp3) is 0.900. The standard InChI is InChI=1S/C10H17NO2/c1-13-9(12)6-11-10(7-2-3-7)8-4-5-8/h7-8,10-11H,2-6H2,1H3. The van der Waals surface area contributed by atoms with Crippen LogP contribution in [0.25, 0.3) is 0 Å². The first kappa shape index (κ1) is 9.00. The van der Waals surface area contributed by atoms with Crippen LogP contribution in [-0.4, -0.2) is 25.7 Å². The zero-order chi connectivity index (χ0) is 9.26. The third kappa shape index (κ3) is 2.44. The van der Waals surface area contributed by atoms with Gasteiger partial charge in [-0.25, -0.2) is 0 Å². The Morgan fingerprint density at radius 1 is 1.38 bits per heavy atom. The lowest BCUT2D eigenvalue weighted by molar-refractivity contribution is -0.139. The minimum Gasteiger partial charge on any atom is -0.468 e. The van der Waals surface area contributed by atoms with Crippen LogP contribution in [0.15, 0.2) is 0 Å². The second kappa shape index (κ2) is 3.66. The summed E-state index contributed by atoms with van der Waals surface area (Å²) in [5.74, 6) is 1.54. The molecule has 0 saturated heterocycles. The van der Waals surface area contributed by atoms with E-state index in [0.29, 0.717) is 12.6 Å². The van der Waals surface area contributed by atoms with Crippen molar-refractivity contribution in [2.45, 2.75) is 31.7 Å². The topological polar surface area (TPSA) is 38.3 Å². The highest BCUT2D eigenvalue weighted by Gasteiger charge is 2.41. The second-order valence-corrected chi connectivity index (χ2v) is 4.16. The molecule has 1 N–H and O–H groups in total. The Morgan fingerprint density at radius 2 is 1.92 bits per heavy atom. The number of carbonyl (C=O) groups is 1. The van der Waals surface area contributed by atoms with Gasteiger partial charge < -0.3 is 10.1 Å². The molecule has 0 radical (unpaired) electrons. The Kier molecular flexibility index (Phi) is 2.54. The summed E-state index contributed by atoms with van der Waals surface area (Å²) in [4.78, 5) is 10.9. The number of hydrogen-bond acceptors (Lipinski definition) is 3. The van der Waals surface area contributed by atoms with Crippen molar-refractivity contribution >= 4 is 5.97 Å². The van der Waals surface area contributed by atoms with Crippen LogP contribution < -0.4 is 5.32 Å². The Hall–Kier alpha value is -0.570. The molecule has 0 aromatic carbocycles. The summed E-state index contributed by atoms with van der Waals surface area (Å²) in [5, 5.41) is 3.32. The molecule has 2 rings (SSSR count). The Balaban J connectivity index is 1.73.